The Kier molecular flexibility index (Phi) is 7.43. The van der Waals surface area contributed by atoms with Gasteiger partial charge in [0.1, 0.15) is 19.3 Å². The second kappa shape index (κ2) is 7.71. The normalized spacial score (nSPS) is 14.2. The van der Waals surface area contributed by atoms with E-state index in [4.69, 9.17) is 9.05 Å². The minimum absolute atomic E-state index is 0.229. The van der Waals surface area contributed by atoms with Crippen molar-refractivity contribution in [2.75, 3.05) is 40.9 Å². The molecular weight excluding hydrogens is 257 g/mol. The molecule has 0 saturated carbocycles. The van der Waals surface area contributed by atoms with E-state index in [-0.39, 0.29) is 18.8 Å². The van der Waals surface area contributed by atoms with Crippen LogP contribution < -0.4 is 0 Å². The first-order valence-electron chi connectivity index (χ1n) is 5.55. The lowest BCUT2D eigenvalue weighted by molar-refractivity contribution is -0.870. The minimum Gasteiger partial charge on any atom is -0.382 e. The molecule has 0 heterocycles. The first kappa shape index (κ1) is 17.4. The number of quaternary nitrogens is 1. The van der Waals surface area contributed by atoms with Gasteiger partial charge in [0, 0.05) is 4.57 Å². The summed E-state index contributed by atoms with van der Waals surface area (Å²) in [4.78, 5) is 11.2. The van der Waals surface area contributed by atoms with Crippen molar-refractivity contribution in [1.82, 2.24) is 0 Å². The van der Waals surface area contributed by atoms with Gasteiger partial charge >= 0.3 is 8.25 Å². The zero-order valence-corrected chi connectivity index (χ0v) is 12.3. The number of Topliss-reactive ketones (excluding diaryl/α,β-unsaturated/α-hetero) is 1. The number of aliphatic hydroxyl groups excluding tert-OH is 1. The predicted octanol–water partition coefficient (Wildman–Crippen LogP) is 0.889. The monoisotopic (exact) mass is 279 g/mol. The molecule has 0 aromatic rings. The topological polar surface area (TPSA) is 72.8 Å². The van der Waals surface area contributed by atoms with Crippen molar-refractivity contribution in [1.29, 1.82) is 0 Å². The fourth-order valence-corrected chi connectivity index (χ4v) is 1.49. The molecule has 6 nitrogen and oxygen atoms in total. The van der Waals surface area contributed by atoms with Gasteiger partial charge in [-0.1, -0.05) is 6.58 Å². The highest BCUT2D eigenvalue weighted by Gasteiger charge is 2.26. The Balaban J connectivity index is 3.84. The molecule has 0 aliphatic carbocycles. The lowest BCUT2D eigenvalue weighted by Gasteiger charge is -2.21. The highest BCUT2D eigenvalue weighted by atomic mass is 31.1. The molecule has 0 aliphatic rings. The van der Waals surface area contributed by atoms with Crippen LogP contribution in [0, 0.1) is 0 Å². The Morgan fingerprint density at radius 2 is 1.94 bits per heavy atom. The minimum atomic E-state index is -2.31. The summed E-state index contributed by atoms with van der Waals surface area (Å²) in [5.74, 6) is -0.523. The fraction of sp³-hybridized carbons (Fsp3) is 0.727. The summed E-state index contributed by atoms with van der Waals surface area (Å²) in [6.45, 7) is 5.50. The Morgan fingerprint density at radius 3 is 2.39 bits per heavy atom. The number of carbonyl (C=O) groups excluding carboxylic acids is 1. The van der Waals surface area contributed by atoms with Crippen molar-refractivity contribution < 1.29 is 28.0 Å². The van der Waals surface area contributed by atoms with E-state index in [1.807, 2.05) is 21.1 Å². The van der Waals surface area contributed by atoms with Gasteiger partial charge in [0.25, 0.3) is 0 Å². The van der Waals surface area contributed by atoms with E-state index < -0.39 is 20.1 Å². The maximum absolute atomic E-state index is 11.3. The zero-order chi connectivity index (χ0) is 14.3. The number of carbonyl (C=O) groups is 1. The van der Waals surface area contributed by atoms with Crippen LogP contribution in [0.2, 0.25) is 0 Å². The maximum atomic E-state index is 11.3. The standard InChI is InChI=1S/C11H22NO5P/c1-9(2)11(14)10(13)8-17-18(15)16-7-6-12(3,4)5/h10,13H,1,6-8H2,2-5H3/q+2. The molecule has 0 aromatic heterocycles. The van der Waals surface area contributed by atoms with Crippen LogP contribution in [0.1, 0.15) is 6.92 Å². The van der Waals surface area contributed by atoms with Gasteiger partial charge < -0.3 is 9.59 Å². The molecule has 0 aromatic carbocycles. The quantitative estimate of drug-likeness (QED) is 0.385. The van der Waals surface area contributed by atoms with Crippen LogP contribution in [0.25, 0.3) is 0 Å². The first-order valence-corrected chi connectivity index (χ1v) is 6.64. The molecule has 1 N–H and O–H groups in total. The number of hydrogen-bond donors (Lipinski definition) is 1. The lowest BCUT2D eigenvalue weighted by atomic mass is 10.1. The van der Waals surface area contributed by atoms with Crippen molar-refractivity contribution in [3.63, 3.8) is 0 Å². The molecule has 18 heavy (non-hydrogen) atoms. The van der Waals surface area contributed by atoms with E-state index in [2.05, 4.69) is 6.58 Å². The van der Waals surface area contributed by atoms with Crippen molar-refractivity contribution in [2.24, 2.45) is 0 Å². The second-order valence-corrected chi connectivity index (χ2v) is 5.99. The van der Waals surface area contributed by atoms with Crippen LogP contribution in [0.5, 0.6) is 0 Å². The molecular formula is C11H22NO5P+2. The van der Waals surface area contributed by atoms with E-state index in [9.17, 15) is 14.5 Å². The van der Waals surface area contributed by atoms with Crippen LogP contribution in [-0.2, 0) is 18.4 Å². The van der Waals surface area contributed by atoms with Crippen LogP contribution >= 0.6 is 8.25 Å². The summed E-state index contributed by atoms with van der Waals surface area (Å²) in [5.41, 5.74) is 0.229. The summed E-state index contributed by atoms with van der Waals surface area (Å²) in [6.07, 6.45) is -1.34. The Morgan fingerprint density at radius 1 is 1.39 bits per heavy atom. The predicted molar refractivity (Wildman–Crippen MR) is 68.2 cm³/mol. The second-order valence-electron chi connectivity index (χ2n) is 5.03. The molecule has 2 atom stereocenters. The van der Waals surface area contributed by atoms with Gasteiger partial charge in [-0.15, -0.1) is 9.05 Å². The Bertz CT molecular complexity index is 324. The average Bonchev–Trinajstić information content (AvgIpc) is 2.22. The Labute approximate surface area is 109 Å². The van der Waals surface area contributed by atoms with E-state index in [1.54, 1.807) is 0 Å². The van der Waals surface area contributed by atoms with Gasteiger partial charge in [0.2, 0.25) is 0 Å². The smallest absolute Gasteiger partial charge is 0.382 e. The van der Waals surface area contributed by atoms with Gasteiger partial charge in [0.05, 0.1) is 21.1 Å². The molecule has 0 radical (unpaired) electrons. The molecule has 0 fully saturated rings. The van der Waals surface area contributed by atoms with Gasteiger partial charge in [-0.2, -0.15) is 0 Å². The van der Waals surface area contributed by atoms with Crippen molar-refractivity contribution in [2.45, 2.75) is 13.0 Å². The highest BCUT2D eigenvalue weighted by Crippen LogP contribution is 2.23. The summed E-state index contributed by atoms with van der Waals surface area (Å²) in [6, 6.07) is 0. The SMILES string of the molecule is C=C(C)C(=O)C(O)CO[P+](=O)OCC[N+](C)(C)C. The molecule has 104 valence electrons. The average molecular weight is 279 g/mol. The third-order valence-electron chi connectivity index (χ3n) is 2.02. The molecule has 0 amide bonds. The first-order chi connectivity index (χ1) is 8.13. The number of aliphatic hydroxyl groups is 1. The summed E-state index contributed by atoms with van der Waals surface area (Å²) < 4.78 is 21.7. The van der Waals surface area contributed by atoms with E-state index >= 15 is 0 Å². The van der Waals surface area contributed by atoms with Gasteiger partial charge in [-0.25, -0.2) is 0 Å². The van der Waals surface area contributed by atoms with E-state index in [0.717, 1.165) is 0 Å². The van der Waals surface area contributed by atoms with Crippen molar-refractivity contribution in [3.05, 3.63) is 12.2 Å². The molecule has 0 rings (SSSR count). The molecule has 0 bridgehead atoms. The Hall–Kier alpha value is -0.650. The summed E-state index contributed by atoms with van der Waals surface area (Å²) >= 11 is 0. The third kappa shape index (κ3) is 8.44. The molecule has 0 spiro atoms. The number of hydrogen-bond acceptors (Lipinski definition) is 5. The molecule has 0 aliphatic heterocycles. The number of rotatable bonds is 9. The highest BCUT2D eigenvalue weighted by molar-refractivity contribution is 7.33. The lowest BCUT2D eigenvalue weighted by Crippen LogP contribution is -2.37. The largest absolute Gasteiger partial charge is 0.697 e. The summed E-state index contributed by atoms with van der Waals surface area (Å²) in [5, 5.41) is 9.37. The number of nitrogens with zero attached hydrogens (tertiary/aromatic N) is 1. The molecule has 0 saturated heterocycles. The van der Waals surface area contributed by atoms with Crippen LogP contribution in [-0.4, -0.2) is 62.4 Å². The third-order valence-corrected chi connectivity index (χ3v) is 2.77. The fourth-order valence-electron chi connectivity index (χ4n) is 0.918. The zero-order valence-electron chi connectivity index (χ0n) is 11.4. The maximum Gasteiger partial charge on any atom is 0.697 e. The van der Waals surface area contributed by atoms with Gasteiger partial charge in [0.15, 0.2) is 12.4 Å². The van der Waals surface area contributed by atoms with Crippen LogP contribution in [0.4, 0.5) is 0 Å². The number of ketones is 1. The van der Waals surface area contributed by atoms with Crippen LogP contribution in [0.15, 0.2) is 12.2 Å². The van der Waals surface area contributed by atoms with Gasteiger partial charge in [-0.05, 0) is 12.5 Å². The van der Waals surface area contributed by atoms with Crippen molar-refractivity contribution in [3.8, 4) is 0 Å². The summed E-state index contributed by atoms with van der Waals surface area (Å²) in [7, 11) is 3.62. The van der Waals surface area contributed by atoms with Crippen molar-refractivity contribution >= 4 is 14.0 Å². The molecule has 2 unspecified atom stereocenters. The van der Waals surface area contributed by atoms with Crippen LogP contribution in [0.3, 0.4) is 0 Å². The van der Waals surface area contributed by atoms with E-state index in [1.165, 1.54) is 6.92 Å². The number of likely N-dealkylation sites (N-methyl/N-ethyl adjacent to an activating group) is 1. The van der Waals surface area contributed by atoms with E-state index in [0.29, 0.717) is 11.0 Å². The van der Waals surface area contributed by atoms with Gasteiger partial charge in [-0.3, -0.25) is 4.79 Å². The molecule has 7 heteroatoms.